The third kappa shape index (κ3) is 5.05. The number of sulfone groups is 1. The number of unbranched alkanes of at least 4 members (excludes halogenated alkanes) is 3. The van der Waals surface area contributed by atoms with Gasteiger partial charge in [-0.15, -0.1) is 0 Å². The molecule has 4 rings (SSSR count). The Morgan fingerprint density at radius 2 is 1.88 bits per heavy atom. The van der Waals surface area contributed by atoms with Gasteiger partial charge in [0.2, 0.25) is 0 Å². The van der Waals surface area contributed by atoms with Crippen LogP contribution in [0.25, 0.3) is 10.9 Å². The van der Waals surface area contributed by atoms with Gasteiger partial charge in [-0.1, -0.05) is 42.7 Å². The second-order valence-electron chi connectivity index (χ2n) is 8.53. The highest BCUT2D eigenvalue weighted by molar-refractivity contribution is 7.91. The smallest absolute Gasteiger partial charge is 0.180 e. The van der Waals surface area contributed by atoms with E-state index in [1.165, 1.54) is 5.56 Å². The number of nitrogens with one attached hydrogen (secondary N) is 1. The summed E-state index contributed by atoms with van der Waals surface area (Å²) in [6, 6.07) is 15.6. The maximum atomic E-state index is 12.8. The van der Waals surface area contributed by atoms with Crippen molar-refractivity contribution in [3.63, 3.8) is 0 Å². The molecule has 0 spiro atoms. The van der Waals surface area contributed by atoms with Gasteiger partial charge in [-0.3, -0.25) is 0 Å². The zero-order valence-electron chi connectivity index (χ0n) is 18.7. The number of aromatic nitrogens is 1. The summed E-state index contributed by atoms with van der Waals surface area (Å²) in [7, 11) is -3.30. The van der Waals surface area contributed by atoms with Gasteiger partial charge in [0.25, 0.3) is 0 Å². The molecule has 1 aromatic heterocycles. The number of benzene rings is 2. The molecule has 7 heteroatoms. The van der Waals surface area contributed by atoms with E-state index in [2.05, 4.69) is 35.3 Å². The second-order valence-corrected chi connectivity index (χ2v) is 10.6. The Morgan fingerprint density at radius 3 is 2.72 bits per heavy atom. The SMILES string of the molecule is Cc1ccc2nc(N3CCS(=O)(=O)c4ccccc4C3)cc(NCCCCCCN)c2c1. The van der Waals surface area contributed by atoms with E-state index in [0.29, 0.717) is 18.0 Å². The van der Waals surface area contributed by atoms with E-state index in [0.717, 1.165) is 66.7 Å². The quantitative estimate of drug-likeness (QED) is 0.496. The van der Waals surface area contributed by atoms with Crippen molar-refractivity contribution in [2.45, 2.75) is 44.0 Å². The van der Waals surface area contributed by atoms with E-state index in [1.807, 2.05) is 18.2 Å². The van der Waals surface area contributed by atoms with E-state index >= 15 is 0 Å². The van der Waals surface area contributed by atoms with Gasteiger partial charge in [-0.2, -0.15) is 0 Å². The molecule has 2 heterocycles. The van der Waals surface area contributed by atoms with Crippen LogP contribution in [-0.4, -0.2) is 38.8 Å². The molecule has 0 radical (unpaired) electrons. The van der Waals surface area contributed by atoms with Crippen molar-refractivity contribution in [3.05, 3.63) is 59.7 Å². The number of rotatable bonds is 8. The van der Waals surface area contributed by atoms with E-state index in [9.17, 15) is 8.42 Å². The number of fused-ring (bicyclic) bond motifs is 2. The van der Waals surface area contributed by atoms with Gasteiger partial charge in [0.15, 0.2) is 9.84 Å². The molecule has 32 heavy (non-hydrogen) atoms. The van der Waals surface area contributed by atoms with Crippen LogP contribution in [0.2, 0.25) is 0 Å². The number of nitrogens with two attached hydrogens (primary N) is 1. The predicted octanol–water partition coefficient (Wildman–Crippen LogP) is 4.27. The molecular weight excluding hydrogens is 420 g/mol. The molecule has 6 nitrogen and oxygen atoms in total. The van der Waals surface area contributed by atoms with Crippen LogP contribution in [0.4, 0.5) is 11.5 Å². The van der Waals surface area contributed by atoms with Gasteiger partial charge in [0.05, 0.1) is 16.2 Å². The van der Waals surface area contributed by atoms with Crippen LogP contribution >= 0.6 is 0 Å². The molecule has 0 bridgehead atoms. The molecule has 1 aliphatic rings. The molecule has 170 valence electrons. The van der Waals surface area contributed by atoms with Crippen LogP contribution in [0.5, 0.6) is 0 Å². The first kappa shape index (κ1) is 22.6. The first-order valence-corrected chi connectivity index (χ1v) is 13.0. The lowest BCUT2D eigenvalue weighted by Crippen LogP contribution is -2.26. The van der Waals surface area contributed by atoms with Crippen molar-refractivity contribution >= 4 is 32.2 Å². The number of nitrogens with zero attached hydrogens (tertiary/aromatic N) is 2. The van der Waals surface area contributed by atoms with Crippen LogP contribution < -0.4 is 16.0 Å². The fourth-order valence-corrected chi connectivity index (χ4v) is 5.74. The van der Waals surface area contributed by atoms with Gasteiger partial charge in [0, 0.05) is 36.8 Å². The Morgan fingerprint density at radius 1 is 1.06 bits per heavy atom. The molecule has 2 aromatic carbocycles. The molecule has 0 saturated heterocycles. The Kier molecular flexibility index (Phi) is 6.96. The normalized spacial score (nSPS) is 15.4. The minimum atomic E-state index is -3.30. The molecule has 0 aliphatic carbocycles. The van der Waals surface area contributed by atoms with E-state index in [4.69, 9.17) is 10.7 Å². The van der Waals surface area contributed by atoms with E-state index in [1.54, 1.807) is 12.1 Å². The minimum Gasteiger partial charge on any atom is -0.384 e. The van der Waals surface area contributed by atoms with Crippen molar-refractivity contribution in [2.24, 2.45) is 5.73 Å². The Labute approximate surface area is 190 Å². The highest BCUT2D eigenvalue weighted by Gasteiger charge is 2.26. The maximum absolute atomic E-state index is 12.8. The number of aryl methyl sites for hydroxylation is 1. The summed E-state index contributed by atoms with van der Waals surface area (Å²) in [6.45, 7) is 4.66. The monoisotopic (exact) mass is 452 g/mol. The van der Waals surface area contributed by atoms with Crippen molar-refractivity contribution in [2.75, 3.05) is 35.6 Å². The summed E-state index contributed by atoms with van der Waals surface area (Å²) in [5, 5.41) is 4.70. The highest BCUT2D eigenvalue weighted by atomic mass is 32.2. The van der Waals surface area contributed by atoms with Crippen molar-refractivity contribution in [1.29, 1.82) is 0 Å². The molecule has 0 amide bonds. The summed E-state index contributed by atoms with van der Waals surface area (Å²) in [6.07, 6.45) is 4.46. The highest BCUT2D eigenvalue weighted by Crippen LogP contribution is 2.31. The lowest BCUT2D eigenvalue weighted by Gasteiger charge is -2.23. The molecule has 1 aliphatic heterocycles. The largest absolute Gasteiger partial charge is 0.384 e. The third-order valence-electron chi connectivity index (χ3n) is 6.02. The van der Waals surface area contributed by atoms with Crippen LogP contribution in [0.15, 0.2) is 53.4 Å². The average molecular weight is 453 g/mol. The molecule has 0 fully saturated rings. The van der Waals surface area contributed by atoms with Crippen molar-refractivity contribution < 1.29 is 8.42 Å². The Balaban J connectivity index is 1.63. The van der Waals surface area contributed by atoms with Gasteiger partial charge in [-0.25, -0.2) is 13.4 Å². The Hall–Kier alpha value is -2.64. The molecule has 0 unspecified atom stereocenters. The van der Waals surface area contributed by atoms with Gasteiger partial charge < -0.3 is 16.0 Å². The van der Waals surface area contributed by atoms with Crippen LogP contribution in [0, 0.1) is 6.92 Å². The molecule has 3 aromatic rings. The minimum absolute atomic E-state index is 0.0849. The zero-order valence-corrected chi connectivity index (χ0v) is 19.5. The first-order valence-electron chi connectivity index (χ1n) is 11.4. The van der Waals surface area contributed by atoms with Crippen molar-refractivity contribution in [3.8, 4) is 0 Å². The van der Waals surface area contributed by atoms with E-state index in [-0.39, 0.29) is 5.75 Å². The van der Waals surface area contributed by atoms with Gasteiger partial charge in [0.1, 0.15) is 5.82 Å². The average Bonchev–Trinajstić information content (AvgIpc) is 2.92. The fourth-order valence-electron chi connectivity index (χ4n) is 4.24. The fraction of sp³-hybridized carbons (Fsp3) is 0.400. The summed E-state index contributed by atoms with van der Waals surface area (Å²) in [4.78, 5) is 7.43. The predicted molar refractivity (Wildman–Crippen MR) is 132 cm³/mol. The third-order valence-corrected chi connectivity index (χ3v) is 7.81. The number of hydrogen-bond donors (Lipinski definition) is 2. The van der Waals surface area contributed by atoms with Gasteiger partial charge >= 0.3 is 0 Å². The lowest BCUT2D eigenvalue weighted by molar-refractivity contribution is 0.596. The first-order chi connectivity index (χ1) is 15.5. The van der Waals surface area contributed by atoms with E-state index < -0.39 is 9.84 Å². The Bertz CT molecular complexity index is 1190. The van der Waals surface area contributed by atoms with Crippen molar-refractivity contribution in [1.82, 2.24) is 4.98 Å². The molecular formula is C25H32N4O2S. The summed E-state index contributed by atoms with van der Waals surface area (Å²) >= 11 is 0. The lowest BCUT2D eigenvalue weighted by atomic mass is 10.1. The molecule has 3 N–H and O–H groups in total. The zero-order chi connectivity index (χ0) is 22.6. The summed E-state index contributed by atoms with van der Waals surface area (Å²) < 4.78 is 25.5. The van der Waals surface area contributed by atoms with Crippen LogP contribution in [0.3, 0.4) is 0 Å². The number of anilines is 2. The standard InChI is InChI=1S/C25H32N4O2S/c1-19-10-11-22-21(16-19)23(27-13-7-3-2-6-12-26)17-25(28-22)29-14-15-32(30,31)24-9-5-4-8-20(24)18-29/h4-5,8-11,16-17H,2-3,6-7,12-15,18,26H2,1H3,(H,27,28). The summed E-state index contributed by atoms with van der Waals surface area (Å²) in [5.41, 5.74) is 9.57. The maximum Gasteiger partial charge on any atom is 0.180 e. The molecule has 0 saturated carbocycles. The van der Waals surface area contributed by atoms with Gasteiger partial charge in [-0.05, 0) is 50.1 Å². The van der Waals surface area contributed by atoms with Crippen LogP contribution in [0.1, 0.15) is 36.8 Å². The second kappa shape index (κ2) is 9.88. The number of pyridine rings is 1. The summed E-state index contributed by atoms with van der Waals surface area (Å²) in [5.74, 6) is 0.889. The van der Waals surface area contributed by atoms with Crippen LogP contribution in [-0.2, 0) is 16.4 Å². The molecule has 0 atom stereocenters. The number of hydrogen-bond acceptors (Lipinski definition) is 6. The topological polar surface area (TPSA) is 88.3 Å².